The number of nitrogens with zero attached hydrogens (tertiary/aromatic N) is 1. The molecule has 1 saturated heterocycles. The molecule has 1 unspecified atom stereocenters. The van der Waals surface area contributed by atoms with E-state index in [4.69, 9.17) is 4.74 Å². The van der Waals surface area contributed by atoms with Crippen LogP contribution in [0.5, 0.6) is 0 Å². The van der Waals surface area contributed by atoms with Crippen LogP contribution >= 0.6 is 0 Å². The molecule has 0 aromatic rings. The van der Waals surface area contributed by atoms with Crippen LogP contribution in [0.25, 0.3) is 0 Å². The average molecular weight is 235 g/mol. The van der Waals surface area contributed by atoms with E-state index in [0.717, 1.165) is 55.4 Å². The average Bonchev–Trinajstić information content (AvgIpc) is 2.30. The van der Waals surface area contributed by atoms with Gasteiger partial charge in [0.25, 0.3) is 0 Å². The summed E-state index contributed by atoms with van der Waals surface area (Å²) in [4.78, 5) is 2.59. The van der Waals surface area contributed by atoms with Gasteiger partial charge in [-0.2, -0.15) is 0 Å². The van der Waals surface area contributed by atoms with Gasteiger partial charge in [0.05, 0.1) is 13.2 Å². The van der Waals surface area contributed by atoms with Crippen LogP contribution in [0.1, 0.15) is 32.1 Å². The lowest BCUT2D eigenvalue weighted by molar-refractivity contribution is -0.107. The van der Waals surface area contributed by atoms with Gasteiger partial charge in [-0.1, -0.05) is 0 Å². The Balaban J connectivity index is 1.57. The molecule has 5 rings (SSSR count). The molecule has 0 N–H and O–H groups in total. The van der Waals surface area contributed by atoms with Crippen molar-refractivity contribution in [1.82, 2.24) is 4.90 Å². The minimum absolute atomic E-state index is 0.735. The van der Waals surface area contributed by atoms with E-state index < -0.39 is 0 Å². The minimum Gasteiger partial charge on any atom is -0.378 e. The zero-order valence-electron chi connectivity index (χ0n) is 11.0. The van der Waals surface area contributed by atoms with Crippen molar-refractivity contribution in [3.8, 4) is 0 Å². The Bertz CT molecular complexity index is 275. The summed E-state index contributed by atoms with van der Waals surface area (Å²) in [5.41, 5.74) is 0. The van der Waals surface area contributed by atoms with E-state index in [1.54, 1.807) is 32.1 Å². The zero-order chi connectivity index (χ0) is 11.4. The van der Waals surface area contributed by atoms with Gasteiger partial charge in [-0.05, 0) is 68.7 Å². The standard InChI is InChI=1S/C15H25NO/c1-16-2-3-17-9-14(16)15-12-5-10-4-11(7-12)8-13(15)6-10/h10-15H,2-9H2,1H3. The molecule has 0 amide bonds. The maximum Gasteiger partial charge on any atom is 0.0625 e. The van der Waals surface area contributed by atoms with Crippen LogP contribution in [-0.4, -0.2) is 37.7 Å². The molecule has 1 heterocycles. The van der Waals surface area contributed by atoms with E-state index in [-0.39, 0.29) is 0 Å². The molecular formula is C15H25NO. The molecule has 0 aromatic carbocycles. The Hall–Kier alpha value is -0.0800. The zero-order valence-corrected chi connectivity index (χ0v) is 11.0. The van der Waals surface area contributed by atoms with E-state index in [9.17, 15) is 0 Å². The molecule has 4 saturated carbocycles. The van der Waals surface area contributed by atoms with Gasteiger partial charge in [0, 0.05) is 12.6 Å². The monoisotopic (exact) mass is 235 g/mol. The summed E-state index contributed by atoms with van der Waals surface area (Å²) >= 11 is 0. The van der Waals surface area contributed by atoms with Gasteiger partial charge in [-0.15, -0.1) is 0 Å². The summed E-state index contributed by atoms with van der Waals surface area (Å²) in [6, 6.07) is 0.735. The third kappa shape index (κ3) is 1.67. The van der Waals surface area contributed by atoms with E-state index >= 15 is 0 Å². The van der Waals surface area contributed by atoms with Crippen molar-refractivity contribution in [2.75, 3.05) is 26.8 Å². The summed E-state index contributed by atoms with van der Waals surface area (Å²) < 4.78 is 5.77. The fraction of sp³-hybridized carbons (Fsp3) is 1.00. The largest absolute Gasteiger partial charge is 0.378 e. The number of hydrogen-bond donors (Lipinski definition) is 0. The Kier molecular flexibility index (Phi) is 2.52. The molecule has 0 aromatic heterocycles. The van der Waals surface area contributed by atoms with E-state index in [2.05, 4.69) is 11.9 Å². The summed E-state index contributed by atoms with van der Waals surface area (Å²) in [7, 11) is 2.32. The molecular weight excluding hydrogens is 210 g/mol. The van der Waals surface area contributed by atoms with Crippen molar-refractivity contribution >= 4 is 0 Å². The number of rotatable bonds is 1. The lowest BCUT2D eigenvalue weighted by atomic mass is 9.50. The van der Waals surface area contributed by atoms with Crippen molar-refractivity contribution in [2.24, 2.45) is 29.6 Å². The highest BCUT2D eigenvalue weighted by atomic mass is 16.5. The summed E-state index contributed by atoms with van der Waals surface area (Å²) in [6.45, 7) is 3.09. The molecule has 1 aliphatic heterocycles. The Morgan fingerprint density at radius 2 is 1.59 bits per heavy atom. The van der Waals surface area contributed by atoms with Crippen molar-refractivity contribution in [3.05, 3.63) is 0 Å². The molecule has 0 radical (unpaired) electrons. The molecule has 1 atom stereocenters. The van der Waals surface area contributed by atoms with Gasteiger partial charge < -0.3 is 4.74 Å². The molecule has 4 bridgehead atoms. The summed E-state index contributed by atoms with van der Waals surface area (Å²) in [6.07, 6.45) is 7.74. The second-order valence-electron chi connectivity index (χ2n) is 7.13. The Morgan fingerprint density at radius 3 is 2.18 bits per heavy atom. The van der Waals surface area contributed by atoms with Gasteiger partial charge in [0.15, 0.2) is 0 Å². The second-order valence-corrected chi connectivity index (χ2v) is 7.13. The number of morpholine rings is 1. The van der Waals surface area contributed by atoms with Crippen molar-refractivity contribution in [1.29, 1.82) is 0 Å². The SMILES string of the molecule is CN1CCOCC1C1C2CC3CC(C2)CC1C3. The van der Waals surface area contributed by atoms with Gasteiger partial charge in [0.2, 0.25) is 0 Å². The van der Waals surface area contributed by atoms with Crippen molar-refractivity contribution < 1.29 is 4.74 Å². The van der Waals surface area contributed by atoms with Gasteiger partial charge in [-0.3, -0.25) is 4.90 Å². The normalized spacial score (nSPS) is 54.2. The van der Waals surface area contributed by atoms with Crippen LogP contribution in [0.4, 0.5) is 0 Å². The van der Waals surface area contributed by atoms with Gasteiger partial charge in [0.1, 0.15) is 0 Å². The highest BCUT2D eigenvalue weighted by Gasteiger charge is 2.51. The second kappa shape index (κ2) is 3.96. The highest BCUT2D eigenvalue weighted by Crippen LogP contribution is 2.57. The van der Waals surface area contributed by atoms with E-state index in [1.165, 1.54) is 0 Å². The van der Waals surface area contributed by atoms with E-state index in [1.807, 2.05) is 0 Å². The third-order valence-electron chi connectivity index (χ3n) is 6.19. The molecule has 5 aliphatic rings. The quantitative estimate of drug-likeness (QED) is 0.692. The predicted octanol–water partition coefficient (Wildman–Crippen LogP) is 2.39. The molecule has 96 valence electrons. The topological polar surface area (TPSA) is 12.5 Å². The number of ether oxygens (including phenoxy) is 1. The fourth-order valence-electron chi connectivity index (χ4n) is 5.71. The molecule has 2 nitrogen and oxygen atoms in total. The first-order valence-corrected chi connectivity index (χ1v) is 7.59. The predicted molar refractivity (Wildman–Crippen MR) is 67.8 cm³/mol. The maximum atomic E-state index is 5.77. The lowest BCUT2D eigenvalue weighted by Gasteiger charge is -2.58. The Morgan fingerprint density at radius 1 is 0.941 bits per heavy atom. The highest BCUT2D eigenvalue weighted by molar-refractivity contribution is 5.02. The van der Waals surface area contributed by atoms with E-state index in [0.29, 0.717) is 0 Å². The van der Waals surface area contributed by atoms with Crippen molar-refractivity contribution in [3.63, 3.8) is 0 Å². The first-order chi connectivity index (χ1) is 8.31. The van der Waals surface area contributed by atoms with Crippen molar-refractivity contribution in [2.45, 2.75) is 38.1 Å². The molecule has 4 aliphatic carbocycles. The maximum absolute atomic E-state index is 5.77. The van der Waals surface area contributed by atoms with Gasteiger partial charge in [-0.25, -0.2) is 0 Å². The van der Waals surface area contributed by atoms with Crippen LogP contribution in [0.2, 0.25) is 0 Å². The Labute approximate surface area is 105 Å². The van der Waals surface area contributed by atoms with Crippen LogP contribution in [-0.2, 0) is 4.74 Å². The number of likely N-dealkylation sites (N-methyl/N-ethyl adjacent to an activating group) is 1. The third-order valence-corrected chi connectivity index (χ3v) is 6.19. The smallest absolute Gasteiger partial charge is 0.0625 e. The van der Waals surface area contributed by atoms with Crippen LogP contribution < -0.4 is 0 Å². The van der Waals surface area contributed by atoms with Crippen LogP contribution in [0.15, 0.2) is 0 Å². The van der Waals surface area contributed by atoms with Crippen LogP contribution in [0, 0.1) is 29.6 Å². The summed E-state index contributed by atoms with van der Waals surface area (Å²) in [5.74, 6) is 5.25. The van der Waals surface area contributed by atoms with Gasteiger partial charge >= 0.3 is 0 Å². The number of hydrogen-bond acceptors (Lipinski definition) is 2. The molecule has 17 heavy (non-hydrogen) atoms. The lowest BCUT2D eigenvalue weighted by Crippen LogP contribution is -2.56. The molecule has 5 fully saturated rings. The fourth-order valence-corrected chi connectivity index (χ4v) is 5.71. The molecule has 0 spiro atoms. The molecule has 2 heteroatoms. The minimum atomic E-state index is 0.735. The summed E-state index contributed by atoms with van der Waals surface area (Å²) in [5, 5.41) is 0. The first-order valence-electron chi connectivity index (χ1n) is 7.59. The van der Waals surface area contributed by atoms with Crippen LogP contribution in [0.3, 0.4) is 0 Å². The first kappa shape index (κ1) is 10.8.